The molecule has 1 aliphatic carbocycles. The Kier molecular flexibility index (Phi) is 7.71. The number of carbonyl (C=O) groups is 2. The molecule has 0 bridgehead atoms. The fourth-order valence-corrected chi connectivity index (χ4v) is 1.47. The van der Waals surface area contributed by atoms with E-state index in [1.807, 2.05) is 0 Å². The van der Waals surface area contributed by atoms with Crippen molar-refractivity contribution in [3.8, 4) is 0 Å². The Bertz CT molecular complexity index is 259. The van der Waals surface area contributed by atoms with Crippen molar-refractivity contribution in [2.45, 2.75) is 33.1 Å². The van der Waals surface area contributed by atoms with Crippen LogP contribution in [0.15, 0.2) is 11.6 Å². The minimum atomic E-state index is -0.343. The molecule has 0 saturated carbocycles. The van der Waals surface area contributed by atoms with Crippen LogP contribution in [0.5, 0.6) is 0 Å². The van der Waals surface area contributed by atoms with Gasteiger partial charge in [0.05, 0.1) is 11.3 Å². The van der Waals surface area contributed by atoms with Crippen LogP contribution >= 0.6 is 23.2 Å². The predicted molar refractivity (Wildman–Crippen MR) is 63.4 cm³/mol. The first-order valence-corrected chi connectivity index (χ1v) is 6.03. The van der Waals surface area contributed by atoms with Gasteiger partial charge in [-0.2, -0.15) is 0 Å². The molecule has 2 nitrogen and oxygen atoms in total. The molecule has 0 fully saturated rings. The van der Waals surface area contributed by atoms with E-state index >= 15 is 0 Å². The van der Waals surface area contributed by atoms with Crippen molar-refractivity contribution >= 4 is 34.8 Å². The summed E-state index contributed by atoms with van der Waals surface area (Å²) in [6.45, 7) is 3.77. The SMILES string of the molecule is CCCCC1C(=O)C=C(C)C1=O.ClCCl. The number of alkyl halides is 2. The van der Waals surface area contributed by atoms with Crippen LogP contribution in [0, 0.1) is 5.92 Å². The molecule has 0 aromatic carbocycles. The molecule has 0 spiro atoms. The first kappa shape index (κ1) is 14.7. The molecule has 4 heteroatoms. The van der Waals surface area contributed by atoms with Crippen molar-refractivity contribution in [3.05, 3.63) is 11.6 Å². The van der Waals surface area contributed by atoms with Gasteiger partial charge < -0.3 is 0 Å². The topological polar surface area (TPSA) is 34.1 Å². The minimum Gasteiger partial charge on any atom is -0.294 e. The molecule has 0 radical (unpaired) electrons. The molecule has 1 rings (SSSR count). The van der Waals surface area contributed by atoms with Crippen LogP contribution in [0.4, 0.5) is 0 Å². The number of rotatable bonds is 3. The van der Waals surface area contributed by atoms with E-state index < -0.39 is 0 Å². The number of halogens is 2. The molecule has 0 aromatic heterocycles. The van der Waals surface area contributed by atoms with Crippen LogP contribution in [-0.2, 0) is 9.59 Å². The molecular weight excluding hydrogens is 235 g/mol. The predicted octanol–water partition coefficient (Wildman–Crippen LogP) is 3.31. The molecule has 15 heavy (non-hydrogen) atoms. The van der Waals surface area contributed by atoms with Crippen molar-refractivity contribution in [1.82, 2.24) is 0 Å². The number of carbonyl (C=O) groups excluding carboxylic acids is 2. The van der Waals surface area contributed by atoms with Crippen LogP contribution in [-0.4, -0.2) is 16.9 Å². The zero-order valence-electron chi connectivity index (χ0n) is 9.06. The molecule has 0 aromatic rings. The highest BCUT2D eigenvalue weighted by Gasteiger charge is 2.31. The summed E-state index contributed by atoms with van der Waals surface area (Å²) in [5, 5.41) is 0.194. The first-order chi connectivity index (χ1) is 7.08. The third-order valence-corrected chi connectivity index (χ3v) is 2.25. The maximum absolute atomic E-state index is 11.3. The van der Waals surface area contributed by atoms with Crippen molar-refractivity contribution in [3.63, 3.8) is 0 Å². The van der Waals surface area contributed by atoms with Gasteiger partial charge in [0.2, 0.25) is 0 Å². The summed E-state index contributed by atoms with van der Waals surface area (Å²) in [6, 6.07) is 0. The number of hydrogen-bond acceptors (Lipinski definition) is 2. The molecule has 0 heterocycles. The lowest BCUT2D eigenvalue weighted by Crippen LogP contribution is -2.16. The fourth-order valence-electron chi connectivity index (χ4n) is 1.47. The van der Waals surface area contributed by atoms with E-state index in [4.69, 9.17) is 23.2 Å². The van der Waals surface area contributed by atoms with E-state index in [0.717, 1.165) is 19.3 Å². The number of ketones is 2. The van der Waals surface area contributed by atoms with Crippen LogP contribution in [0.3, 0.4) is 0 Å². The van der Waals surface area contributed by atoms with Gasteiger partial charge in [0, 0.05) is 0 Å². The second-order valence-electron chi connectivity index (χ2n) is 3.39. The number of unbranched alkanes of at least 4 members (excludes halogenated alkanes) is 1. The molecule has 86 valence electrons. The average Bonchev–Trinajstić information content (AvgIpc) is 2.41. The number of Topliss-reactive ketones (excluding diaryl/α,β-unsaturated/α-hetero) is 1. The molecule has 0 saturated heterocycles. The van der Waals surface area contributed by atoms with E-state index in [1.54, 1.807) is 6.92 Å². The van der Waals surface area contributed by atoms with Crippen LogP contribution in [0.2, 0.25) is 0 Å². The van der Waals surface area contributed by atoms with Gasteiger partial charge in [0.25, 0.3) is 0 Å². The largest absolute Gasteiger partial charge is 0.294 e. The Hall–Kier alpha value is -0.340. The fraction of sp³-hybridized carbons (Fsp3) is 0.636. The molecule has 1 unspecified atom stereocenters. The van der Waals surface area contributed by atoms with Crippen LogP contribution in [0.1, 0.15) is 33.1 Å². The van der Waals surface area contributed by atoms with Crippen molar-refractivity contribution in [1.29, 1.82) is 0 Å². The van der Waals surface area contributed by atoms with E-state index in [9.17, 15) is 9.59 Å². The monoisotopic (exact) mass is 250 g/mol. The van der Waals surface area contributed by atoms with E-state index in [0.29, 0.717) is 5.57 Å². The number of allylic oxidation sites excluding steroid dienone is 2. The van der Waals surface area contributed by atoms with Gasteiger partial charge in [-0.05, 0) is 25.0 Å². The maximum atomic E-state index is 11.3. The van der Waals surface area contributed by atoms with Crippen molar-refractivity contribution in [2.75, 3.05) is 5.34 Å². The van der Waals surface area contributed by atoms with Gasteiger partial charge in [-0.1, -0.05) is 19.8 Å². The summed E-state index contributed by atoms with van der Waals surface area (Å²) in [7, 11) is 0. The normalized spacial score (nSPS) is 19.7. The lowest BCUT2D eigenvalue weighted by atomic mass is 9.97. The highest BCUT2D eigenvalue weighted by atomic mass is 35.5. The maximum Gasteiger partial charge on any atom is 0.169 e. The third-order valence-electron chi connectivity index (χ3n) is 2.25. The third kappa shape index (κ3) is 4.80. The standard InChI is InChI=1S/C10H14O2.CH2Cl2/c1-3-4-5-8-9(11)6-7(2)10(8)12;2-1-3/h6,8H,3-5H2,1-2H3;1H2. The van der Waals surface area contributed by atoms with Crippen LogP contribution < -0.4 is 0 Å². The Labute approximate surface area is 101 Å². The Morgan fingerprint density at radius 1 is 1.33 bits per heavy atom. The number of hydrogen-bond donors (Lipinski definition) is 0. The highest BCUT2D eigenvalue weighted by molar-refractivity contribution is 6.40. The summed E-state index contributed by atoms with van der Waals surface area (Å²) in [6.07, 6.45) is 4.20. The van der Waals surface area contributed by atoms with Crippen molar-refractivity contribution in [2.24, 2.45) is 5.92 Å². The second-order valence-corrected chi connectivity index (χ2v) is 4.20. The summed E-state index contributed by atoms with van der Waals surface area (Å²) in [4.78, 5) is 22.5. The summed E-state index contributed by atoms with van der Waals surface area (Å²) < 4.78 is 0. The van der Waals surface area contributed by atoms with Gasteiger partial charge in [0.15, 0.2) is 11.6 Å². The van der Waals surface area contributed by atoms with E-state index in [2.05, 4.69) is 6.92 Å². The summed E-state index contributed by atoms with van der Waals surface area (Å²) in [5.41, 5.74) is 0.626. The molecule has 0 amide bonds. The van der Waals surface area contributed by atoms with E-state index in [1.165, 1.54) is 6.08 Å². The van der Waals surface area contributed by atoms with Gasteiger partial charge in [-0.3, -0.25) is 9.59 Å². The molecular formula is C11H16Cl2O2. The van der Waals surface area contributed by atoms with Gasteiger partial charge >= 0.3 is 0 Å². The molecule has 0 aliphatic heterocycles. The van der Waals surface area contributed by atoms with Crippen molar-refractivity contribution < 1.29 is 9.59 Å². The molecule has 1 atom stereocenters. The first-order valence-electron chi connectivity index (χ1n) is 4.96. The summed E-state index contributed by atoms with van der Waals surface area (Å²) >= 11 is 9.53. The van der Waals surface area contributed by atoms with Gasteiger partial charge in [-0.15, -0.1) is 23.2 Å². The Balaban J connectivity index is 0.000000583. The van der Waals surface area contributed by atoms with Gasteiger partial charge in [-0.25, -0.2) is 0 Å². The highest BCUT2D eigenvalue weighted by Crippen LogP contribution is 2.22. The molecule has 1 aliphatic rings. The Morgan fingerprint density at radius 3 is 2.20 bits per heavy atom. The van der Waals surface area contributed by atoms with E-state index in [-0.39, 0.29) is 22.8 Å². The molecule has 0 N–H and O–H groups in total. The van der Waals surface area contributed by atoms with Gasteiger partial charge in [0.1, 0.15) is 0 Å². The Morgan fingerprint density at radius 2 is 1.87 bits per heavy atom. The zero-order valence-corrected chi connectivity index (χ0v) is 10.6. The summed E-state index contributed by atoms with van der Waals surface area (Å²) in [5.74, 6) is -0.302. The second kappa shape index (κ2) is 7.89. The lowest BCUT2D eigenvalue weighted by molar-refractivity contribution is -0.126. The minimum absolute atomic E-state index is 0.00551. The lowest BCUT2D eigenvalue weighted by Gasteiger charge is -2.04. The zero-order chi connectivity index (χ0) is 11.8. The quantitative estimate of drug-likeness (QED) is 0.569. The average molecular weight is 251 g/mol. The van der Waals surface area contributed by atoms with Crippen LogP contribution in [0.25, 0.3) is 0 Å². The smallest absolute Gasteiger partial charge is 0.169 e.